The molecule has 2 amide bonds. The quantitative estimate of drug-likeness (QED) is 0.725. The van der Waals surface area contributed by atoms with Crippen LogP contribution >= 0.6 is 0 Å². The molecule has 1 aliphatic rings. The number of carbonyl (C=O) groups is 2. The number of hydrogen-bond acceptors (Lipinski definition) is 5. The van der Waals surface area contributed by atoms with E-state index in [1.807, 2.05) is 12.1 Å². The van der Waals surface area contributed by atoms with Gasteiger partial charge in [0.15, 0.2) is 11.5 Å². The maximum absolute atomic E-state index is 12.4. The summed E-state index contributed by atoms with van der Waals surface area (Å²) in [4.78, 5) is 26.1. The molecular formula is C22H24N2O5. The lowest BCUT2D eigenvalue weighted by atomic mass is 10.1. The molecule has 2 aromatic carbocycles. The van der Waals surface area contributed by atoms with Gasteiger partial charge in [-0.1, -0.05) is 12.1 Å². The molecule has 0 radical (unpaired) electrons. The van der Waals surface area contributed by atoms with Gasteiger partial charge in [0.1, 0.15) is 5.75 Å². The van der Waals surface area contributed by atoms with Crippen LogP contribution in [0.1, 0.15) is 18.4 Å². The average Bonchev–Trinajstić information content (AvgIpc) is 3.17. The van der Waals surface area contributed by atoms with Crippen molar-refractivity contribution in [1.82, 2.24) is 0 Å². The number of carbonyl (C=O) groups excluding carboxylic acids is 2. The van der Waals surface area contributed by atoms with Gasteiger partial charge in [-0.2, -0.15) is 0 Å². The van der Waals surface area contributed by atoms with Crippen LogP contribution in [0.15, 0.2) is 42.5 Å². The monoisotopic (exact) mass is 396 g/mol. The number of benzene rings is 2. The van der Waals surface area contributed by atoms with Gasteiger partial charge in [0.05, 0.1) is 27.0 Å². The van der Waals surface area contributed by atoms with Crippen LogP contribution in [0, 0.1) is 0 Å². The van der Waals surface area contributed by atoms with Crippen LogP contribution in [0.25, 0.3) is 6.08 Å². The minimum absolute atomic E-state index is 0.0789. The molecule has 7 nitrogen and oxygen atoms in total. The second-order valence-corrected chi connectivity index (χ2v) is 6.44. The van der Waals surface area contributed by atoms with E-state index in [0.29, 0.717) is 41.6 Å². The van der Waals surface area contributed by atoms with Crippen LogP contribution < -0.4 is 24.4 Å². The fraction of sp³-hybridized carbons (Fsp3) is 0.273. The Morgan fingerprint density at radius 3 is 2.52 bits per heavy atom. The number of nitrogens with zero attached hydrogens (tertiary/aromatic N) is 1. The molecule has 0 unspecified atom stereocenters. The van der Waals surface area contributed by atoms with Gasteiger partial charge < -0.3 is 24.4 Å². The van der Waals surface area contributed by atoms with E-state index < -0.39 is 0 Å². The number of methoxy groups -OCH3 is 3. The van der Waals surface area contributed by atoms with Gasteiger partial charge in [0.2, 0.25) is 11.8 Å². The second kappa shape index (κ2) is 9.14. The molecular weight excluding hydrogens is 372 g/mol. The molecule has 0 spiro atoms. The van der Waals surface area contributed by atoms with Crippen molar-refractivity contribution in [2.45, 2.75) is 12.8 Å². The summed E-state index contributed by atoms with van der Waals surface area (Å²) in [6.45, 7) is 0.673. The van der Waals surface area contributed by atoms with Crippen LogP contribution in [-0.2, 0) is 9.59 Å². The number of nitrogens with one attached hydrogen (secondary N) is 1. The second-order valence-electron chi connectivity index (χ2n) is 6.44. The highest BCUT2D eigenvalue weighted by Gasteiger charge is 2.24. The minimum Gasteiger partial charge on any atom is -0.494 e. The lowest BCUT2D eigenvalue weighted by Crippen LogP contribution is -2.24. The topological polar surface area (TPSA) is 77.1 Å². The molecule has 1 fully saturated rings. The highest BCUT2D eigenvalue weighted by atomic mass is 16.5. The first-order valence-electron chi connectivity index (χ1n) is 9.26. The molecule has 29 heavy (non-hydrogen) atoms. The molecule has 0 saturated carbocycles. The van der Waals surface area contributed by atoms with Gasteiger partial charge in [-0.15, -0.1) is 0 Å². The van der Waals surface area contributed by atoms with Gasteiger partial charge in [0, 0.05) is 36.4 Å². The summed E-state index contributed by atoms with van der Waals surface area (Å²) in [5.74, 6) is 1.46. The SMILES string of the molecule is COc1cc(NC(=O)/C=C/c2cccc(OC)c2OC)ccc1N1CCCC1=O. The highest BCUT2D eigenvalue weighted by molar-refractivity contribution is 6.03. The molecule has 3 rings (SSSR count). The first-order valence-corrected chi connectivity index (χ1v) is 9.26. The Morgan fingerprint density at radius 1 is 1.07 bits per heavy atom. The Morgan fingerprint density at radius 2 is 1.86 bits per heavy atom. The number of hydrogen-bond donors (Lipinski definition) is 1. The van der Waals surface area contributed by atoms with Crippen LogP contribution in [0.5, 0.6) is 17.2 Å². The van der Waals surface area contributed by atoms with E-state index in [4.69, 9.17) is 14.2 Å². The molecule has 2 aromatic rings. The molecule has 0 bridgehead atoms. The largest absolute Gasteiger partial charge is 0.494 e. The maximum atomic E-state index is 12.4. The van der Waals surface area contributed by atoms with E-state index >= 15 is 0 Å². The molecule has 1 N–H and O–H groups in total. The van der Waals surface area contributed by atoms with Crippen molar-refractivity contribution in [2.75, 3.05) is 38.1 Å². The van der Waals surface area contributed by atoms with E-state index in [-0.39, 0.29) is 11.8 Å². The van der Waals surface area contributed by atoms with Crippen molar-refractivity contribution in [2.24, 2.45) is 0 Å². The van der Waals surface area contributed by atoms with Crippen molar-refractivity contribution >= 4 is 29.3 Å². The molecule has 152 valence electrons. The Hall–Kier alpha value is -3.48. The summed E-state index contributed by atoms with van der Waals surface area (Å²) in [6.07, 6.45) is 4.45. The fourth-order valence-corrected chi connectivity index (χ4v) is 3.27. The van der Waals surface area contributed by atoms with Gasteiger partial charge in [-0.05, 0) is 30.7 Å². The van der Waals surface area contributed by atoms with E-state index in [2.05, 4.69) is 5.32 Å². The predicted octanol–water partition coefficient (Wildman–Crippen LogP) is 3.49. The van der Waals surface area contributed by atoms with Crippen LogP contribution in [0.4, 0.5) is 11.4 Å². The summed E-state index contributed by atoms with van der Waals surface area (Å²) >= 11 is 0. The number of ether oxygens (including phenoxy) is 3. The van der Waals surface area contributed by atoms with E-state index in [9.17, 15) is 9.59 Å². The third-order valence-corrected chi connectivity index (χ3v) is 4.66. The van der Waals surface area contributed by atoms with Crippen molar-refractivity contribution in [3.8, 4) is 17.2 Å². The molecule has 1 saturated heterocycles. The molecule has 1 heterocycles. The summed E-state index contributed by atoms with van der Waals surface area (Å²) in [5.41, 5.74) is 2.01. The molecule has 7 heteroatoms. The number of amides is 2. The minimum atomic E-state index is -0.304. The molecule has 0 aromatic heterocycles. The Kier molecular flexibility index (Phi) is 6.39. The van der Waals surface area contributed by atoms with Crippen LogP contribution in [-0.4, -0.2) is 39.7 Å². The molecule has 1 aliphatic heterocycles. The van der Waals surface area contributed by atoms with Crippen molar-refractivity contribution in [1.29, 1.82) is 0 Å². The molecule has 0 aliphatic carbocycles. The number of rotatable bonds is 7. The third-order valence-electron chi connectivity index (χ3n) is 4.66. The summed E-state index contributed by atoms with van der Waals surface area (Å²) < 4.78 is 16.0. The standard InChI is InChI=1S/C22H24N2O5/c1-27-18-7-4-6-15(22(18)29-3)9-12-20(25)23-16-10-11-17(19(14-16)28-2)24-13-5-8-21(24)26/h4,6-7,9-12,14H,5,8,13H2,1-3H3,(H,23,25)/b12-9+. The number of anilines is 2. The zero-order chi connectivity index (χ0) is 20.8. The maximum Gasteiger partial charge on any atom is 0.248 e. The lowest BCUT2D eigenvalue weighted by Gasteiger charge is -2.19. The van der Waals surface area contributed by atoms with Crippen LogP contribution in [0.2, 0.25) is 0 Å². The van der Waals surface area contributed by atoms with Crippen molar-refractivity contribution < 1.29 is 23.8 Å². The zero-order valence-corrected chi connectivity index (χ0v) is 16.7. The van der Waals surface area contributed by atoms with Crippen molar-refractivity contribution in [3.05, 3.63) is 48.0 Å². The Balaban J connectivity index is 1.74. The van der Waals surface area contributed by atoms with Crippen LogP contribution in [0.3, 0.4) is 0 Å². The van der Waals surface area contributed by atoms with Gasteiger partial charge >= 0.3 is 0 Å². The highest BCUT2D eigenvalue weighted by Crippen LogP contribution is 2.34. The summed E-state index contributed by atoms with van der Waals surface area (Å²) in [7, 11) is 4.65. The fourth-order valence-electron chi connectivity index (χ4n) is 3.27. The third kappa shape index (κ3) is 4.51. The van der Waals surface area contributed by atoms with Crippen molar-refractivity contribution in [3.63, 3.8) is 0 Å². The lowest BCUT2D eigenvalue weighted by molar-refractivity contribution is -0.117. The van der Waals surface area contributed by atoms with E-state index in [0.717, 1.165) is 12.0 Å². The first-order chi connectivity index (χ1) is 14.1. The van der Waals surface area contributed by atoms with Gasteiger partial charge in [0.25, 0.3) is 0 Å². The predicted molar refractivity (Wildman–Crippen MR) is 112 cm³/mol. The number of para-hydroxylation sites is 1. The van der Waals surface area contributed by atoms with Gasteiger partial charge in [-0.25, -0.2) is 0 Å². The van der Waals surface area contributed by atoms with E-state index in [1.54, 1.807) is 56.6 Å². The molecule has 0 atom stereocenters. The van der Waals surface area contributed by atoms with E-state index in [1.165, 1.54) is 6.08 Å². The summed E-state index contributed by atoms with van der Waals surface area (Å²) in [6, 6.07) is 10.7. The summed E-state index contributed by atoms with van der Waals surface area (Å²) in [5, 5.41) is 2.80. The first kappa shape index (κ1) is 20.3. The normalized spacial score (nSPS) is 13.6. The van der Waals surface area contributed by atoms with Gasteiger partial charge in [-0.3, -0.25) is 9.59 Å². The Bertz CT molecular complexity index is 939. The smallest absolute Gasteiger partial charge is 0.248 e. The Labute approximate surface area is 169 Å². The average molecular weight is 396 g/mol. The zero-order valence-electron chi connectivity index (χ0n) is 16.7.